The first-order chi connectivity index (χ1) is 17.5. The van der Waals surface area contributed by atoms with Gasteiger partial charge in [-0.2, -0.15) is 5.10 Å². The molecule has 0 radical (unpaired) electrons. The fourth-order valence-electron chi connectivity index (χ4n) is 4.00. The Labute approximate surface area is 213 Å². The molecule has 1 aliphatic rings. The zero-order valence-electron chi connectivity index (χ0n) is 20.4. The summed E-state index contributed by atoms with van der Waals surface area (Å²) in [5, 5.41) is 12.1. The number of fused-ring (bicyclic) bond motifs is 1. The molecule has 3 aromatic rings. The summed E-state index contributed by atoms with van der Waals surface area (Å²) in [4.78, 5) is 36.0. The predicted octanol–water partition coefficient (Wildman–Crippen LogP) is 2.70. The molecule has 0 saturated carbocycles. The third-order valence-electron chi connectivity index (χ3n) is 5.75. The summed E-state index contributed by atoms with van der Waals surface area (Å²) in [5.74, 6) is 0.360. The first kappa shape index (κ1) is 25.8. The van der Waals surface area contributed by atoms with Crippen molar-refractivity contribution in [1.82, 2.24) is 25.1 Å². The summed E-state index contributed by atoms with van der Waals surface area (Å²) in [6.07, 6.45) is 1.84. The van der Waals surface area contributed by atoms with Gasteiger partial charge in [-0.05, 0) is 36.9 Å². The molecule has 10 nitrogen and oxygen atoms in total. The average molecular weight is 516 g/mol. The molecular formula is C24H30FN7O3S. The molecule has 2 N–H and O–H groups in total. The lowest BCUT2D eigenvalue weighted by Crippen LogP contribution is -2.35. The lowest BCUT2D eigenvalue weighted by atomic mass is 10.1. The van der Waals surface area contributed by atoms with Gasteiger partial charge in [0.05, 0.1) is 30.7 Å². The molecule has 1 unspecified atom stereocenters. The number of carbonyl (C=O) groups excluding carboxylic acids is 2. The number of aromatic nitrogens is 4. The smallest absolute Gasteiger partial charge is 0.227 e. The molecule has 0 spiro atoms. The number of thioether (sulfide) groups is 1. The summed E-state index contributed by atoms with van der Waals surface area (Å²) >= 11 is 1.54. The van der Waals surface area contributed by atoms with Crippen LogP contribution in [0.5, 0.6) is 0 Å². The molecule has 1 aromatic carbocycles. The van der Waals surface area contributed by atoms with E-state index in [4.69, 9.17) is 4.74 Å². The molecule has 192 valence electrons. The summed E-state index contributed by atoms with van der Waals surface area (Å²) in [7, 11) is 0. The highest BCUT2D eigenvalue weighted by atomic mass is 32.2. The molecular weight excluding hydrogens is 485 g/mol. The van der Waals surface area contributed by atoms with Gasteiger partial charge in [-0.1, -0.05) is 18.7 Å². The number of hydrogen-bond donors (Lipinski definition) is 2. The zero-order chi connectivity index (χ0) is 25.5. The lowest BCUT2D eigenvalue weighted by molar-refractivity contribution is -0.126. The van der Waals surface area contributed by atoms with Gasteiger partial charge in [0.1, 0.15) is 11.6 Å². The fourth-order valence-corrected chi connectivity index (χ4v) is 4.56. The van der Waals surface area contributed by atoms with Crippen LogP contribution in [0.25, 0.3) is 11.0 Å². The van der Waals surface area contributed by atoms with E-state index in [1.807, 2.05) is 13.8 Å². The number of halogens is 1. The Kier molecular flexibility index (Phi) is 8.70. The van der Waals surface area contributed by atoms with E-state index in [2.05, 4.69) is 25.7 Å². The van der Waals surface area contributed by atoms with Crippen molar-refractivity contribution < 1.29 is 18.7 Å². The van der Waals surface area contributed by atoms with Crippen LogP contribution in [0.3, 0.4) is 0 Å². The summed E-state index contributed by atoms with van der Waals surface area (Å²) in [6.45, 7) is 6.86. The highest BCUT2D eigenvalue weighted by molar-refractivity contribution is 7.99. The maximum Gasteiger partial charge on any atom is 0.227 e. The maximum absolute atomic E-state index is 13.2. The van der Waals surface area contributed by atoms with Crippen molar-refractivity contribution >= 4 is 46.1 Å². The quantitative estimate of drug-likeness (QED) is 0.215. The van der Waals surface area contributed by atoms with Gasteiger partial charge in [-0.3, -0.25) is 9.59 Å². The minimum absolute atomic E-state index is 0.121. The number of carbonyl (C=O) groups is 2. The minimum Gasteiger partial charge on any atom is -0.380 e. The maximum atomic E-state index is 13.2. The van der Waals surface area contributed by atoms with Crippen LogP contribution in [0.2, 0.25) is 0 Å². The van der Waals surface area contributed by atoms with E-state index in [9.17, 15) is 14.0 Å². The molecule has 2 aromatic heterocycles. The Morgan fingerprint density at radius 2 is 2.03 bits per heavy atom. The molecule has 1 atom stereocenters. The Morgan fingerprint density at radius 1 is 1.22 bits per heavy atom. The number of rotatable bonds is 12. The molecule has 12 heteroatoms. The first-order valence-electron chi connectivity index (χ1n) is 12.0. The van der Waals surface area contributed by atoms with Crippen LogP contribution in [0.1, 0.15) is 20.3 Å². The van der Waals surface area contributed by atoms with Gasteiger partial charge in [0.15, 0.2) is 10.8 Å². The van der Waals surface area contributed by atoms with Crippen molar-refractivity contribution in [2.45, 2.75) is 32.0 Å². The molecule has 4 rings (SSSR count). The number of anilines is 2. The van der Waals surface area contributed by atoms with Crippen LogP contribution in [-0.2, 0) is 20.9 Å². The second-order valence-corrected chi connectivity index (χ2v) is 9.42. The van der Waals surface area contributed by atoms with Gasteiger partial charge in [0.25, 0.3) is 0 Å². The van der Waals surface area contributed by atoms with Crippen molar-refractivity contribution in [2.75, 3.05) is 48.8 Å². The molecule has 1 fully saturated rings. The fraction of sp³-hybridized carbons (Fsp3) is 0.458. The minimum atomic E-state index is -0.465. The molecule has 0 aliphatic carbocycles. The van der Waals surface area contributed by atoms with Gasteiger partial charge >= 0.3 is 0 Å². The van der Waals surface area contributed by atoms with Gasteiger partial charge in [-0.15, -0.1) is 0 Å². The van der Waals surface area contributed by atoms with Crippen molar-refractivity contribution in [1.29, 1.82) is 0 Å². The highest BCUT2D eigenvalue weighted by Crippen LogP contribution is 2.26. The summed E-state index contributed by atoms with van der Waals surface area (Å²) in [6, 6.07) is 5.70. The number of nitrogens with zero attached hydrogens (tertiary/aromatic N) is 5. The predicted molar refractivity (Wildman–Crippen MR) is 137 cm³/mol. The van der Waals surface area contributed by atoms with E-state index in [0.29, 0.717) is 55.2 Å². The van der Waals surface area contributed by atoms with E-state index in [1.54, 1.807) is 34.8 Å². The second-order valence-electron chi connectivity index (χ2n) is 8.19. The summed E-state index contributed by atoms with van der Waals surface area (Å²) < 4.78 is 20.3. The van der Waals surface area contributed by atoms with Crippen molar-refractivity contribution in [3.63, 3.8) is 0 Å². The van der Waals surface area contributed by atoms with E-state index < -0.39 is 5.92 Å². The van der Waals surface area contributed by atoms with Gasteiger partial charge in [0, 0.05) is 38.3 Å². The molecule has 1 aliphatic heterocycles. The third kappa shape index (κ3) is 6.11. The van der Waals surface area contributed by atoms with E-state index in [0.717, 1.165) is 11.1 Å². The van der Waals surface area contributed by atoms with Crippen LogP contribution < -0.4 is 15.5 Å². The first-order valence-corrected chi connectivity index (χ1v) is 13.0. The number of ether oxygens (including phenoxy) is 1. The largest absolute Gasteiger partial charge is 0.380 e. The standard InChI is InChI=1S/C24H30FN7O3S/c1-3-35-12-10-26-21-19-14-28-32(22(19)30-24(29-21)36-4-2)11-9-27-23(34)16-13-20(33)31(15-16)18-7-5-17(25)6-8-18/h5-8,14,16H,3-4,9-13,15H2,1-2H3,(H,27,34)(H,26,29,30). The third-order valence-corrected chi connectivity index (χ3v) is 6.48. The van der Waals surface area contributed by atoms with Crippen LogP contribution >= 0.6 is 11.8 Å². The van der Waals surface area contributed by atoms with Crippen LogP contribution in [-0.4, -0.2) is 70.2 Å². The number of benzene rings is 1. The molecule has 1 saturated heterocycles. The van der Waals surface area contributed by atoms with Crippen LogP contribution in [0.4, 0.5) is 15.9 Å². The van der Waals surface area contributed by atoms with E-state index >= 15 is 0 Å². The number of hydrogen-bond acceptors (Lipinski definition) is 8. The molecule has 3 heterocycles. The van der Waals surface area contributed by atoms with E-state index in [-0.39, 0.29) is 30.6 Å². The monoisotopic (exact) mass is 515 g/mol. The van der Waals surface area contributed by atoms with Crippen LogP contribution in [0.15, 0.2) is 35.6 Å². The van der Waals surface area contributed by atoms with Crippen molar-refractivity contribution in [3.05, 3.63) is 36.3 Å². The Balaban J connectivity index is 1.37. The zero-order valence-corrected chi connectivity index (χ0v) is 21.2. The Bertz CT molecular complexity index is 1200. The topological polar surface area (TPSA) is 114 Å². The molecule has 0 bridgehead atoms. The summed E-state index contributed by atoms with van der Waals surface area (Å²) in [5.41, 5.74) is 1.28. The van der Waals surface area contributed by atoms with Crippen molar-refractivity contribution in [3.8, 4) is 0 Å². The average Bonchev–Trinajstić information content (AvgIpc) is 3.46. The highest BCUT2D eigenvalue weighted by Gasteiger charge is 2.35. The number of amides is 2. The second kappa shape index (κ2) is 12.1. The van der Waals surface area contributed by atoms with Gasteiger partial charge in [0.2, 0.25) is 11.8 Å². The Hall–Kier alpha value is -3.25. The molecule has 36 heavy (non-hydrogen) atoms. The number of nitrogens with one attached hydrogen (secondary N) is 2. The normalized spacial score (nSPS) is 15.6. The van der Waals surface area contributed by atoms with E-state index in [1.165, 1.54) is 17.0 Å². The van der Waals surface area contributed by atoms with Gasteiger partial charge in [-0.25, -0.2) is 19.0 Å². The van der Waals surface area contributed by atoms with Gasteiger partial charge < -0.3 is 20.3 Å². The van der Waals surface area contributed by atoms with Crippen LogP contribution in [0, 0.1) is 11.7 Å². The SMILES string of the molecule is CCOCCNc1nc(SCC)nc2c1cnn2CCNC(=O)C1CC(=O)N(c2ccc(F)cc2)C1. The Morgan fingerprint density at radius 3 is 2.78 bits per heavy atom. The van der Waals surface area contributed by atoms with Crippen molar-refractivity contribution in [2.24, 2.45) is 5.92 Å². The lowest BCUT2D eigenvalue weighted by Gasteiger charge is -2.16. The molecule has 2 amide bonds.